The van der Waals surface area contributed by atoms with Crippen LogP contribution in [0.25, 0.3) is 0 Å². The molecule has 0 saturated carbocycles. The number of anilines is 1. The van der Waals surface area contributed by atoms with Crippen molar-refractivity contribution in [2.45, 2.75) is 53.5 Å². The molecule has 0 aliphatic heterocycles. The molecule has 2 rings (SSSR count). The van der Waals surface area contributed by atoms with Crippen molar-refractivity contribution in [2.24, 2.45) is 0 Å². The summed E-state index contributed by atoms with van der Waals surface area (Å²) >= 11 is 0. The van der Waals surface area contributed by atoms with Crippen LogP contribution in [-0.4, -0.2) is 22.5 Å². The Kier molecular flexibility index (Phi) is 5.77. The van der Waals surface area contributed by atoms with E-state index in [1.165, 1.54) is 5.56 Å². The van der Waals surface area contributed by atoms with Crippen LogP contribution in [0.3, 0.4) is 0 Å². The molecule has 0 saturated heterocycles. The van der Waals surface area contributed by atoms with Gasteiger partial charge in [-0.1, -0.05) is 45.0 Å². The SMILES string of the molecule is CCOC(=O)c1nc(C)nc(NCc2ccc(C(C)(C)C)cc2)c1C. The standard InChI is InChI=1S/C20H27N3O2/c1-7-25-19(24)17-13(2)18(23-14(3)22-17)21-12-15-8-10-16(11-9-15)20(4,5)6/h8-11H,7,12H2,1-6H3,(H,21,22,23). The number of aryl methyl sites for hydroxylation is 1. The topological polar surface area (TPSA) is 64.1 Å². The summed E-state index contributed by atoms with van der Waals surface area (Å²) < 4.78 is 5.07. The quantitative estimate of drug-likeness (QED) is 0.827. The lowest BCUT2D eigenvalue weighted by atomic mass is 9.87. The molecule has 0 unspecified atom stereocenters. The number of ether oxygens (including phenoxy) is 1. The summed E-state index contributed by atoms with van der Waals surface area (Å²) in [4.78, 5) is 20.7. The number of hydrogen-bond acceptors (Lipinski definition) is 5. The number of nitrogens with one attached hydrogen (secondary N) is 1. The van der Waals surface area contributed by atoms with Gasteiger partial charge < -0.3 is 10.1 Å². The summed E-state index contributed by atoms with van der Waals surface area (Å²) in [7, 11) is 0. The Bertz CT molecular complexity index is 747. The molecule has 5 nitrogen and oxygen atoms in total. The number of hydrogen-bond donors (Lipinski definition) is 1. The van der Waals surface area contributed by atoms with Crippen LogP contribution in [0, 0.1) is 13.8 Å². The van der Waals surface area contributed by atoms with Gasteiger partial charge in [-0.25, -0.2) is 14.8 Å². The van der Waals surface area contributed by atoms with Gasteiger partial charge in [-0.15, -0.1) is 0 Å². The van der Waals surface area contributed by atoms with Crippen molar-refractivity contribution in [2.75, 3.05) is 11.9 Å². The van der Waals surface area contributed by atoms with Crippen molar-refractivity contribution in [3.63, 3.8) is 0 Å². The zero-order valence-corrected chi connectivity index (χ0v) is 15.9. The fraction of sp³-hybridized carbons (Fsp3) is 0.450. The Morgan fingerprint density at radius 3 is 2.32 bits per heavy atom. The van der Waals surface area contributed by atoms with E-state index in [4.69, 9.17) is 4.74 Å². The van der Waals surface area contributed by atoms with Crippen LogP contribution in [0.1, 0.15) is 60.7 Å². The molecular formula is C20H27N3O2. The molecule has 0 atom stereocenters. The van der Waals surface area contributed by atoms with Gasteiger partial charge in [0.05, 0.1) is 6.61 Å². The maximum Gasteiger partial charge on any atom is 0.357 e. The highest BCUT2D eigenvalue weighted by atomic mass is 16.5. The molecule has 5 heteroatoms. The van der Waals surface area contributed by atoms with E-state index in [2.05, 4.69) is 60.3 Å². The molecule has 2 aromatic rings. The largest absolute Gasteiger partial charge is 0.461 e. The van der Waals surface area contributed by atoms with Crippen molar-refractivity contribution in [1.29, 1.82) is 0 Å². The van der Waals surface area contributed by atoms with Crippen LogP contribution in [0.4, 0.5) is 5.82 Å². The highest BCUT2D eigenvalue weighted by Gasteiger charge is 2.17. The third-order valence-electron chi connectivity index (χ3n) is 4.01. The molecule has 1 aromatic carbocycles. The lowest BCUT2D eigenvalue weighted by Crippen LogP contribution is -2.14. The lowest BCUT2D eigenvalue weighted by Gasteiger charge is -2.19. The first-order valence-corrected chi connectivity index (χ1v) is 8.58. The number of carbonyl (C=O) groups is 1. The Labute approximate surface area is 149 Å². The molecule has 1 heterocycles. The monoisotopic (exact) mass is 341 g/mol. The van der Waals surface area contributed by atoms with Crippen molar-refractivity contribution in [3.8, 4) is 0 Å². The molecule has 0 radical (unpaired) electrons. The van der Waals surface area contributed by atoms with Gasteiger partial charge in [-0.05, 0) is 37.3 Å². The smallest absolute Gasteiger partial charge is 0.357 e. The van der Waals surface area contributed by atoms with Gasteiger partial charge in [0.2, 0.25) is 0 Å². The Morgan fingerprint density at radius 1 is 1.12 bits per heavy atom. The third kappa shape index (κ3) is 4.78. The molecule has 0 fully saturated rings. The summed E-state index contributed by atoms with van der Waals surface area (Å²) in [6.07, 6.45) is 0. The fourth-order valence-electron chi connectivity index (χ4n) is 2.51. The van der Waals surface area contributed by atoms with Gasteiger partial charge in [0, 0.05) is 12.1 Å². The van der Waals surface area contributed by atoms with E-state index >= 15 is 0 Å². The molecule has 134 valence electrons. The van der Waals surface area contributed by atoms with Crippen LogP contribution in [0.15, 0.2) is 24.3 Å². The van der Waals surface area contributed by atoms with Crippen LogP contribution < -0.4 is 5.32 Å². The molecule has 1 N–H and O–H groups in total. The summed E-state index contributed by atoms with van der Waals surface area (Å²) in [5.74, 6) is 0.790. The number of carbonyl (C=O) groups excluding carboxylic acids is 1. The molecule has 0 bridgehead atoms. The van der Waals surface area contributed by atoms with Crippen molar-refractivity contribution in [1.82, 2.24) is 9.97 Å². The number of benzene rings is 1. The number of aromatic nitrogens is 2. The summed E-state index contributed by atoms with van der Waals surface area (Å²) in [5.41, 5.74) is 3.62. The van der Waals surface area contributed by atoms with Crippen molar-refractivity contribution < 1.29 is 9.53 Å². The highest BCUT2D eigenvalue weighted by Crippen LogP contribution is 2.23. The molecule has 0 aliphatic rings. The van der Waals surface area contributed by atoms with Gasteiger partial charge in [0.1, 0.15) is 11.6 Å². The average molecular weight is 341 g/mol. The molecular weight excluding hydrogens is 314 g/mol. The maximum atomic E-state index is 12.0. The fourth-order valence-corrected chi connectivity index (χ4v) is 2.51. The van der Waals surface area contributed by atoms with Gasteiger partial charge in [0.25, 0.3) is 0 Å². The second-order valence-electron chi connectivity index (χ2n) is 7.11. The van der Waals surface area contributed by atoms with Crippen molar-refractivity contribution >= 4 is 11.8 Å². The first-order valence-electron chi connectivity index (χ1n) is 8.58. The minimum atomic E-state index is -0.414. The molecule has 0 aliphatic carbocycles. The van der Waals surface area contributed by atoms with Gasteiger partial charge in [-0.2, -0.15) is 0 Å². The van der Waals surface area contributed by atoms with Crippen LogP contribution in [-0.2, 0) is 16.7 Å². The van der Waals surface area contributed by atoms with Crippen LogP contribution in [0.2, 0.25) is 0 Å². The Morgan fingerprint density at radius 2 is 1.76 bits per heavy atom. The minimum absolute atomic E-state index is 0.140. The van der Waals surface area contributed by atoms with E-state index in [1.807, 2.05) is 6.92 Å². The van der Waals surface area contributed by atoms with Gasteiger partial charge >= 0.3 is 5.97 Å². The van der Waals surface area contributed by atoms with E-state index in [0.717, 1.165) is 5.56 Å². The minimum Gasteiger partial charge on any atom is -0.461 e. The van der Waals surface area contributed by atoms with Crippen LogP contribution in [0.5, 0.6) is 0 Å². The van der Waals surface area contributed by atoms with E-state index in [1.54, 1.807) is 13.8 Å². The predicted molar refractivity (Wildman–Crippen MR) is 99.9 cm³/mol. The first-order chi connectivity index (χ1) is 11.7. The molecule has 25 heavy (non-hydrogen) atoms. The highest BCUT2D eigenvalue weighted by molar-refractivity contribution is 5.90. The zero-order chi connectivity index (χ0) is 18.6. The number of esters is 1. The molecule has 0 amide bonds. The van der Waals surface area contributed by atoms with Crippen LogP contribution >= 0.6 is 0 Å². The zero-order valence-electron chi connectivity index (χ0n) is 15.9. The Balaban J connectivity index is 2.16. The second-order valence-corrected chi connectivity index (χ2v) is 7.11. The molecule has 0 spiro atoms. The first kappa shape index (κ1) is 18.9. The molecule has 1 aromatic heterocycles. The lowest BCUT2D eigenvalue weighted by molar-refractivity contribution is 0.0518. The third-order valence-corrected chi connectivity index (χ3v) is 4.01. The number of nitrogens with zero attached hydrogens (tertiary/aromatic N) is 2. The van der Waals surface area contributed by atoms with E-state index in [0.29, 0.717) is 36.1 Å². The van der Waals surface area contributed by atoms with Gasteiger partial charge in [0.15, 0.2) is 5.69 Å². The maximum absolute atomic E-state index is 12.0. The van der Waals surface area contributed by atoms with Crippen molar-refractivity contribution in [3.05, 3.63) is 52.5 Å². The van der Waals surface area contributed by atoms with E-state index in [9.17, 15) is 4.79 Å². The summed E-state index contributed by atoms with van der Waals surface area (Å²) in [6.45, 7) is 12.9. The van der Waals surface area contributed by atoms with E-state index in [-0.39, 0.29) is 5.41 Å². The number of rotatable bonds is 5. The normalized spacial score (nSPS) is 11.3. The predicted octanol–water partition coefficient (Wildman–Crippen LogP) is 4.18. The summed E-state index contributed by atoms with van der Waals surface area (Å²) in [5, 5.41) is 3.31. The average Bonchev–Trinajstić information content (AvgIpc) is 2.55. The Hall–Kier alpha value is -2.43. The van der Waals surface area contributed by atoms with Gasteiger partial charge in [-0.3, -0.25) is 0 Å². The van der Waals surface area contributed by atoms with E-state index < -0.39 is 5.97 Å². The summed E-state index contributed by atoms with van der Waals surface area (Å²) in [6, 6.07) is 8.53. The second kappa shape index (κ2) is 7.64.